The second-order valence-corrected chi connectivity index (χ2v) is 4.57. The largest absolute Gasteiger partial charge is 0.392 e. The highest BCUT2D eigenvalue weighted by molar-refractivity contribution is 5.27. The molecular weight excluding hydrogens is 152 g/mol. The molecule has 2 nitrogen and oxygen atoms in total. The van der Waals surface area contributed by atoms with Crippen LogP contribution in [0.1, 0.15) is 20.3 Å². The van der Waals surface area contributed by atoms with E-state index in [2.05, 4.69) is 19.9 Å². The summed E-state index contributed by atoms with van der Waals surface area (Å²) in [5.41, 5.74) is 1.24. The lowest BCUT2D eigenvalue weighted by Gasteiger charge is -2.59. The van der Waals surface area contributed by atoms with Gasteiger partial charge < -0.3 is 10.2 Å². The highest BCUT2D eigenvalue weighted by Crippen LogP contribution is 2.58. The first kappa shape index (κ1) is 8.27. The van der Waals surface area contributed by atoms with Gasteiger partial charge >= 0.3 is 0 Å². The Morgan fingerprint density at radius 3 is 2.58 bits per heavy atom. The third-order valence-electron chi connectivity index (χ3n) is 3.73. The van der Waals surface area contributed by atoms with Crippen molar-refractivity contribution in [2.75, 3.05) is 6.61 Å². The summed E-state index contributed by atoms with van der Waals surface area (Å²) in [6.45, 7) is 4.47. The van der Waals surface area contributed by atoms with E-state index >= 15 is 0 Å². The lowest BCUT2D eigenvalue weighted by molar-refractivity contribution is -0.147. The van der Waals surface area contributed by atoms with Gasteiger partial charge in [-0.05, 0) is 23.3 Å². The van der Waals surface area contributed by atoms with E-state index < -0.39 is 0 Å². The fourth-order valence-electron chi connectivity index (χ4n) is 2.93. The first-order valence-electron chi connectivity index (χ1n) is 4.57. The van der Waals surface area contributed by atoms with Gasteiger partial charge in [-0.1, -0.05) is 19.9 Å². The molecular formula is C10H16O2. The summed E-state index contributed by atoms with van der Waals surface area (Å²) < 4.78 is 0. The summed E-state index contributed by atoms with van der Waals surface area (Å²) in [5.74, 6) is 0.624. The van der Waals surface area contributed by atoms with Crippen molar-refractivity contribution >= 4 is 0 Å². The molecule has 3 atom stereocenters. The minimum Gasteiger partial charge on any atom is -0.392 e. The molecule has 0 aromatic rings. The van der Waals surface area contributed by atoms with E-state index in [-0.39, 0.29) is 24.0 Å². The molecule has 3 rings (SSSR count). The number of aliphatic hydroxyl groups excluding tert-OH is 2. The number of rotatable bonds is 1. The van der Waals surface area contributed by atoms with Crippen molar-refractivity contribution in [3.05, 3.63) is 11.6 Å². The number of allylic oxidation sites excluding steroid dienone is 1. The van der Waals surface area contributed by atoms with E-state index in [1.807, 2.05) is 0 Å². The fraction of sp³-hybridized carbons (Fsp3) is 0.800. The van der Waals surface area contributed by atoms with E-state index in [0.717, 1.165) is 12.0 Å². The first-order valence-corrected chi connectivity index (χ1v) is 4.57. The van der Waals surface area contributed by atoms with Crippen LogP contribution < -0.4 is 0 Å². The minimum absolute atomic E-state index is 0.109. The molecule has 12 heavy (non-hydrogen) atoms. The maximum Gasteiger partial charge on any atom is 0.0648 e. The molecule has 1 saturated carbocycles. The molecule has 0 radical (unpaired) electrons. The molecule has 2 N–H and O–H groups in total. The second kappa shape index (κ2) is 2.33. The van der Waals surface area contributed by atoms with Gasteiger partial charge in [-0.3, -0.25) is 0 Å². The van der Waals surface area contributed by atoms with Crippen LogP contribution in [0.25, 0.3) is 0 Å². The van der Waals surface area contributed by atoms with Crippen LogP contribution in [0.2, 0.25) is 0 Å². The minimum atomic E-state index is -0.202. The molecule has 0 spiro atoms. The topological polar surface area (TPSA) is 40.5 Å². The number of hydrogen-bond donors (Lipinski definition) is 2. The van der Waals surface area contributed by atoms with Gasteiger partial charge in [0.25, 0.3) is 0 Å². The summed E-state index contributed by atoms with van der Waals surface area (Å²) in [6, 6.07) is 0. The fourth-order valence-corrected chi connectivity index (χ4v) is 2.93. The van der Waals surface area contributed by atoms with Crippen LogP contribution in [0.4, 0.5) is 0 Å². The van der Waals surface area contributed by atoms with E-state index in [1.54, 1.807) is 0 Å². The highest BCUT2D eigenvalue weighted by atomic mass is 16.3. The highest BCUT2D eigenvalue weighted by Gasteiger charge is 2.58. The van der Waals surface area contributed by atoms with E-state index in [1.165, 1.54) is 0 Å². The van der Waals surface area contributed by atoms with Crippen LogP contribution in [-0.4, -0.2) is 22.9 Å². The smallest absolute Gasteiger partial charge is 0.0648 e. The molecule has 3 aliphatic carbocycles. The van der Waals surface area contributed by atoms with Crippen molar-refractivity contribution < 1.29 is 10.2 Å². The zero-order valence-corrected chi connectivity index (χ0v) is 7.62. The van der Waals surface area contributed by atoms with Gasteiger partial charge in [-0.2, -0.15) is 0 Å². The summed E-state index contributed by atoms with van der Waals surface area (Å²) in [6.07, 6.45) is 2.82. The Kier molecular flexibility index (Phi) is 1.61. The quantitative estimate of drug-likeness (QED) is 0.572. The van der Waals surface area contributed by atoms with Gasteiger partial charge in [0, 0.05) is 5.92 Å². The second-order valence-electron chi connectivity index (χ2n) is 4.57. The van der Waals surface area contributed by atoms with Gasteiger partial charge in [-0.25, -0.2) is 0 Å². The molecule has 3 aliphatic rings. The van der Waals surface area contributed by atoms with Crippen molar-refractivity contribution in [1.29, 1.82) is 0 Å². The van der Waals surface area contributed by atoms with Gasteiger partial charge in [0.15, 0.2) is 0 Å². The number of aliphatic hydroxyl groups is 2. The van der Waals surface area contributed by atoms with Crippen LogP contribution in [0.15, 0.2) is 11.6 Å². The van der Waals surface area contributed by atoms with Crippen molar-refractivity contribution in [2.24, 2.45) is 17.3 Å². The van der Waals surface area contributed by atoms with Gasteiger partial charge in [0.1, 0.15) is 0 Å². The molecule has 3 unspecified atom stereocenters. The molecule has 0 heterocycles. The maximum absolute atomic E-state index is 9.71. The first-order chi connectivity index (χ1) is 5.59. The van der Waals surface area contributed by atoms with Gasteiger partial charge in [0.05, 0.1) is 12.7 Å². The Hall–Kier alpha value is -0.340. The monoisotopic (exact) mass is 168 g/mol. The molecule has 2 heteroatoms. The van der Waals surface area contributed by atoms with Crippen LogP contribution in [-0.2, 0) is 0 Å². The van der Waals surface area contributed by atoms with E-state index in [9.17, 15) is 5.11 Å². The lowest BCUT2D eigenvalue weighted by Crippen LogP contribution is -2.60. The zero-order valence-electron chi connectivity index (χ0n) is 7.62. The number of fused-ring (bicyclic) bond motifs is 1. The van der Waals surface area contributed by atoms with E-state index in [0.29, 0.717) is 5.92 Å². The predicted octanol–water partition coefficient (Wildman–Crippen LogP) is 0.942. The van der Waals surface area contributed by atoms with E-state index in [4.69, 9.17) is 5.11 Å². The summed E-state index contributed by atoms with van der Waals surface area (Å²) in [5, 5.41) is 18.8. The molecule has 2 bridgehead atoms. The van der Waals surface area contributed by atoms with Crippen molar-refractivity contribution in [1.82, 2.24) is 0 Å². The van der Waals surface area contributed by atoms with Crippen molar-refractivity contribution in [2.45, 2.75) is 26.4 Å². The van der Waals surface area contributed by atoms with Crippen LogP contribution in [0.3, 0.4) is 0 Å². The van der Waals surface area contributed by atoms with Crippen LogP contribution in [0.5, 0.6) is 0 Å². The Bertz CT molecular complexity index is 230. The SMILES string of the molecule is CC1(C)C2CC=C(CO)C1C2O. The van der Waals surface area contributed by atoms with Crippen LogP contribution in [0, 0.1) is 17.3 Å². The summed E-state index contributed by atoms with van der Waals surface area (Å²) in [4.78, 5) is 0. The standard InChI is InChI=1S/C10H16O2/c1-10(2)7-4-3-6(5-11)8(10)9(7)12/h3,7-9,11-12H,4-5H2,1-2H3. The molecule has 0 aliphatic heterocycles. The Labute approximate surface area is 72.9 Å². The summed E-state index contributed by atoms with van der Waals surface area (Å²) >= 11 is 0. The van der Waals surface area contributed by atoms with Crippen molar-refractivity contribution in [3.63, 3.8) is 0 Å². The molecule has 68 valence electrons. The lowest BCUT2D eigenvalue weighted by atomic mass is 9.47. The Morgan fingerprint density at radius 2 is 2.25 bits per heavy atom. The van der Waals surface area contributed by atoms with Crippen LogP contribution >= 0.6 is 0 Å². The third kappa shape index (κ3) is 0.771. The van der Waals surface area contributed by atoms with Crippen molar-refractivity contribution in [3.8, 4) is 0 Å². The molecule has 0 saturated heterocycles. The maximum atomic E-state index is 9.71. The molecule has 0 aromatic heterocycles. The molecule has 0 aromatic carbocycles. The molecule has 0 amide bonds. The van der Waals surface area contributed by atoms with Gasteiger partial charge in [0.2, 0.25) is 0 Å². The molecule has 1 fully saturated rings. The normalized spacial score (nSPS) is 43.3. The Morgan fingerprint density at radius 1 is 1.58 bits per heavy atom. The third-order valence-corrected chi connectivity index (χ3v) is 3.73. The summed E-state index contributed by atoms with van der Waals surface area (Å²) in [7, 11) is 0. The zero-order chi connectivity index (χ0) is 8.93. The number of hydrogen-bond acceptors (Lipinski definition) is 2. The predicted molar refractivity (Wildman–Crippen MR) is 46.6 cm³/mol. The van der Waals surface area contributed by atoms with Gasteiger partial charge in [-0.15, -0.1) is 0 Å². The average molecular weight is 168 g/mol. The Balaban J connectivity index is 2.29. The average Bonchev–Trinajstić information content (AvgIpc) is 2.04.